The molecule has 0 bridgehead atoms. The number of methoxy groups -OCH3 is 1. The van der Waals surface area contributed by atoms with Crippen molar-refractivity contribution in [2.24, 2.45) is 0 Å². The van der Waals surface area contributed by atoms with Gasteiger partial charge in [-0.2, -0.15) is 0 Å². The molecule has 2 N–H and O–H groups in total. The quantitative estimate of drug-likeness (QED) is 0.629. The Morgan fingerprint density at radius 2 is 1.88 bits per heavy atom. The Bertz CT molecular complexity index is 851. The Hall–Kier alpha value is -3.19. The molecule has 7 nitrogen and oxygen atoms in total. The molecular weight excluding hydrogens is 334 g/mol. The Morgan fingerprint density at radius 3 is 2.58 bits per heavy atom. The van der Waals surface area contributed by atoms with Crippen LogP contribution in [0.3, 0.4) is 0 Å². The second-order valence-electron chi connectivity index (χ2n) is 5.94. The first-order valence-electron chi connectivity index (χ1n) is 8.13. The maximum absolute atomic E-state index is 12.7. The van der Waals surface area contributed by atoms with Crippen LogP contribution in [-0.4, -0.2) is 30.9 Å². The molecule has 2 aromatic carbocycles. The van der Waals surface area contributed by atoms with Crippen LogP contribution in [0.15, 0.2) is 48.5 Å². The molecule has 7 heteroatoms. The fourth-order valence-electron chi connectivity index (χ4n) is 2.77. The predicted molar refractivity (Wildman–Crippen MR) is 95.7 cm³/mol. The fraction of sp³-hybridized carbons (Fsp3) is 0.211. The van der Waals surface area contributed by atoms with E-state index in [-0.39, 0.29) is 18.2 Å². The number of hydrogen-bond donors (Lipinski definition) is 2. The number of rotatable bonds is 5. The van der Waals surface area contributed by atoms with E-state index in [4.69, 9.17) is 4.74 Å². The number of hydrogen-bond acceptors (Lipinski definition) is 5. The molecule has 0 aromatic heterocycles. The van der Waals surface area contributed by atoms with Crippen LogP contribution in [0.1, 0.15) is 22.3 Å². The van der Waals surface area contributed by atoms with Crippen LogP contribution in [0.5, 0.6) is 5.75 Å². The second kappa shape index (κ2) is 7.37. The van der Waals surface area contributed by atoms with E-state index in [1.54, 1.807) is 48.5 Å². The summed E-state index contributed by atoms with van der Waals surface area (Å²) in [7, 11) is 1.52. The van der Waals surface area contributed by atoms with Crippen LogP contribution < -0.4 is 20.5 Å². The highest BCUT2D eigenvalue weighted by atomic mass is 16.5. The zero-order chi connectivity index (χ0) is 18.7. The largest absolute Gasteiger partial charge is 0.497 e. The van der Waals surface area contributed by atoms with Crippen molar-refractivity contribution >= 4 is 23.4 Å². The molecule has 0 saturated carbocycles. The van der Waals surface area contributed by atoms with Crippen LogP contribution in [0.4, 0.5) is 5.69 Å². The van der Waals surface area contributed by atoms with Gasteiger partial charge in [0, 0.05) is 11.6 Å². The lowest BCUT2D eigenvalue weighted by atomic mass is 10.1. The average molecular weight is 353 g/mol. The van der Waals surface area contributed by atoms with Crippen LogP contribution in [0.2, 0.25) is 0 Å². The van der Waals surface area contributed by atoms with Crippen LogP contribution in [0.25, 0.3) is 0 Å². The Balaban J connectivity index is 1.72. The SMILES string of the molecule is COc1ccc(C)c(N2C(=O)CC(NNC(=O)c3ccccc3)C2=O)c1. The van der Waals surface area contributed by atoms with Crippen molar-refractivity contribution in [3.63, 3.8) is 0 Å². The van der Waals surface area contributed by atoms with Gasteiger partial charge in [-0.3, -0.25) is 19.8 Å². The third-order valence-corrected chi connectivity index (χ3v) is 4.20. The molecule has 3 rings (SSSR count). The lowest BCUT2D eigenvalue weighted by molar-refractivity contribution is -0.121. The number of ether oxygens (including phenoxy) is 1. The summed E-state index contributed by atoms with van der Waals surface area (Å²) in [5.41, 5.74) is 6.87. The van der Waals surface area contributed by atoms with Gasteiger partial charge in [0.25, 0.3) is 11.8 Å². The monoisotopic (exact) mass is 353 g/mol. The third kappa shape index (κ3) is 3.43. The molecule has 1 aliphatic rings. The molecule has 1 heterocycles. The molecule has 0 spiro atoms. The molecular formula is C19H19N3O4. The minimum Gasteiger partial charge on any atom is -0.497 e. The highest BCUT2D eigenvalue weighted by Crippen LogP contribution is 2.29. The molecule has 1 unspecified atom stereocenters. The van der Waals surface area contributed by atoms with Crippen molar-refractivity contribution in [3.05, 3.63) is 59.7 Å². The summed E-state index contributed by atoms with van der Waals surface area (Å²) in [6.07, 6.45) is -0.0372. The zero-order valence-corrected chi connectivity index (χ0v) is 14.5. The number of hydrazine groups is 1. The molecule has 26 heavy (non-hydrogen) atoms. The van der Waals surface area contributed by atoms with E-state index in [2.05, 4.69) is 10.9 Å². The van der Waals surface area contributed by atoms with Gasteiger partial charge in [0.2, 0.25) is 5.91 Å². The topological polar surface area (TPSA) is 87.7 Å². The number of carbonyl (C=O) groups excluding carboxylic acids is 3. The maximum atomic E-state index is 12.7. The van der Waals surface area contributed by atoms with Gasteiger partial charge in [-0.15, -0.1) is 0 Å². The van der Waals surface area contributed by atoms with Gasteiger partial charge in [-0.1, -0.05) is 24.3 Å². The Labute approximate surface area is 150 Å². The van der Waals surface area contributed by atoms with E-state index in [0.717, 1.165) is 10.5 Å². The molecule has 1 aliphatic heterocycles. The Kier molecular flexibility index (Phi) is 4.99. The zero-order valence-electron chi connectivity index (χ0n) is 14.5. The number of nitrogens with zero attached hydrogens (tertiary/aromatic N) is 1. The van der Waals surface area contributed by atoms with Gasteiger partial charge in [0.05, 0.1) is 19.2 Å². The minimum atomic E-state index is -0.819. The van der Waals surface area contributed by atoms with Crippen molar-refractivity contribution in [2.45, 2.75) is 19.4 Å². The number of carbonyl (C=O) groups is 3. The normalized spacial score (nSPS) is 16.7. The maximum Gasteiger partial charge on any atom is 0.265 e. The summed E-state index contributed by atoms with van der Waals surface area (Å²) < 4.78 is 5.17. The molecule has 1 atom stereocenters. The van der Waals surface area contributed by atoms with Crippen LogP contribution >= 0.6 is 0 Å². The van der Waals surface area contributed by atoms with Crippen molar-refractivity contribution in [3.8, 4) is 5.75 Å². The summed E-state index contributed by atoms with van der Waals surface area (Å²) in [5.74, 6) is -0.570. The van der Waals surface area contributed by atoms with E-state index in [9.17, 15) is 14.4 Å². The number of imide groups is 1. The number of amides is 3. The first-order chi connectivity index (χ1) is 12.5. The summed E-state index contributed by atoms with van der Waals surface area (Å²) >= 11 is 0. The summed E-state index contributed by atoms with van der Waals surface area (Å²) in [4.78, 5) is 38.2. The van der Waals surface area contributed by atoms with E-state index >= 15 is 0 Å². The molecule has 134 valence electrons. The molecule has 2 aromatic rings. The van der Waals surface area contributed by atoms with Crippen molar-refractivity contribution in [1.29, 1.82) is 0 Å². The van der Waals surface area contributed by atoms with Gasteiger partial charge in [0.1, 0.15) is 11.8 Å². The first kappa shape index (κ1) is 17.6. The standard InChI is InChI=1S/C19H19N3O4/c1-12-8-9-14(26-2)10-16(12)22-17(23)11-15(19(22)25)20-21-18(24)13-6-4-3-5-7-13/h3-10,15,20H,11H2,1-2H3,(H,21,24). The van der Waals surface area contributed by atoms with E-state index in [1.807, 2.05) is 6.92 Å². The molecule has 1 fully saturated rings. The van der Waals surface area contributed by atoms with Crippen molar-refractivity contribution in [2.75, 3.05) is 12.0 Å². The molecule has 1 saturated heterocycles. The predicted octanol–water partition coefficient (Wildman–Crippen LogP) is 1.57. The van der Waals surface area contributed by atoms with E-state index < -0.39 is 11.9 Å². The number of anilines is 1. The van der Waals surface area contributed by atoms with Crippen molar-refractivity contribution in [1.82, 2.24) is 10.9 Å². The van der Waals surface area contributed by atoms with E-state index in [0.29, 0.717) is 17.0 Å². The number of nitrogens with one attached hydrogen (secondary N) is 2. The molecule has 3 amide bonds. The Morgan fingerprint density at radius 1 is 1.15 bits per heavy atom. The van der Waals surface area contributed by atoms with E-state index in [1.165, 1.54) is 7.11 Å². The van der Waals surface area contributed by atoms with Gasteiger partial charge in [-0.25, -0.2) is 10.3 Å². The summed E-state index contributed by atoms with van der Waals surface area (Å²) in [5, 5.41) is 0. The van der Waals surface area contributed by atoms with Crippen LogP contribution in [-0.2, 0) is 9.59 Å². The average Bonchev–Trinajstić information content (AvgIpc) is 2.94. The fourth-order valence-corrected chi connectivity index (χ4v) is 2.77. The number of aryl methyl sites for hydroxylation is 1. The molecule has 0 aliphatic carbocycles. The lowest BCUT2D eigenvalue weighted by Gasteiger charge is -2.18. The highest BCUT2D eigenvalue weighted by Gasteiger charge is 2.40. The lowest BCUT2D eigenvalue weighted by Crippen LogP contribution is -2.48. The van der Waals surface area contributed by atoms with Gasteiger partial charge >= 0.3 is 0 Å². The third-order valence-electron chi connectivity index (χ3n) is 4.20. The summed E-state index contributed by atoms with van der Waals surface area (Å²) in [6, 6.07) is 13.0. The summed E-state index contributed by atoms with van der Waals surface area (Å²) in [6.45, 7) is 1.81. The van der Waals surface area contributed by atoms with Crippen LogP contribution in [0, 0.1) is 6.92 Å². The highest BCUT2D eigenvalue weighted by molar-refractivity contribution is 6.22. The number of benzene rings is 2. The minimum absolute atomic E-state index is 0.0372. The van der Waals surface area contributed by atoms with Gasteiger partial charge in [0.15, 0.2) is 0 Å². The first-order valence-corrected chi connectivity index (χ1v) is 8.13. The molecule has 0 radical (unpaired) electrons. The van der Waals surface area contributed by atoms with Gasteiger partial charge in [-0.05, 0) is 30.7 Å². The smallest absolute Gasteiger partial charge is 0.265 e. The van der Waals surface area contributed by atoms with Gasteiger partial charge < -0.3 is 4.74 Å². The second-order valence-corrected chi connectivity index (χ2v) is 5.94. The van der Waals surface area contributed by atoms with Crippen molar-refractivity contribution < 1.29 is 19.1 Å².